The van der Waals surface area contributed by atoms with Crippen LogP contribution in [0.15, 0.2) is 60.8 Å². The normalized spacial score (nSPS) is 19.8. The zero-order valence-corrected chi connectivity index (χ0v) is 25.5. The van der Waals surface area contributed by atoms with Gasteiger partial charge in [-0.3, -0.25) is 4.79 Å². The maximum atomic E-state index is 10.9. The monoisotopic (exact) mass is 583 g/mol. The number of aromatic nitrogens is 4. The number of hydrogen-bond donors (Lipinski definition) is 1. The van der Waals surface area contributed by atoms with E-state index in [1.807, 2.05) is 23.4 Å². The summed E-state index contributed by atoms with van der Waals surface area (Å²) in [5.74, 6) is 0.985. The van der Waals surface area contributed by atoms with Gasteiger partial charge < -0.3 is 19.8 Å². The molecule has 1 N–H and O–H groups in total. The van der Waals surface area contributed by atoms with E-state index in [0.717, 1.165) is 63.4 Å². The van der Waals surface area contributed by atoms with Crippen LogP contribution in [-0.4, -0.2) is 81.7 Å². The van der Waals surface area contributed by atoms with E-state index in [-0.39, 0.29) is 11.1 Å². The number of rotatable bonds is 8. The number of carbonyl (C=O) groups excluding carboxylic acids is 1. The van der Waals surface area contributed by atoms with Crippen molar-refractivity contribution in [1.29, 1.82) is 0 Å². The van der Waals surface area contributed by atoms with Crippen LogP contribution in [0.2, 0.25) is 0 Å². The molecule has 2 aliphatic rings. The summed E-state index contributed by atoms with van der Waals surface area (Å²) in [7, 11) is 1.90. The van der Waals surface area contributed by atoms with Gasteiger partial charge >= 0.3 is 5.97 Å². The molecule has 226 valence electrons. The highest BCUT2D eigenvalue weighted by atomic mass is 16.4. The molecule has 2 atom stereocenters. The second-order valence-electron chi connectivity index (χ2n) is 12.1. The molecule has 0 aliphatic carbocycles. The molecule has 0 saturated carbocycles. The van der Waals surface area contributed by atoms with Crippen molar-refractivity contribution < 1.29 is 14.7 Å². The Hall–Kier alpha value is -4.47. The fourth-order valence-electron chi connectivity index (χ4n) is 6.11. The molecule has 43 heavy (non-hydrogen) atoms. The summed E-state index contributed by atoms with van der Waals surface area (Å²) >= 11 is 0. The number of amides is 1. The lowest BCUT2D eigenvalue weighted by atomic mass is 9.82. The Morgan fingerprint density at radius 3 is 2.63 bits per heavy atom. The van der Waals surface area contributed by atoms with Crippen molar-refractivity contribution in [2.75, 3.05) is 49.6 Å². The molecule has 10 heteroatoms. The van der Waals surface area contributed by atoms with E-state index in [4.69, 9.17) is 5.11 Å². The highest BCUT2D eigenvalue weighted by Crippen LogP contribution is 2.36. The molecule has 2 saturated heterocycles. The van der Waals surface area contributed by atoms with Gasteiger partial charge in [-0.15, -0.1) is 0 Å². The van der Waals surface area contributed by atoms with Gasteiger partial charge in [0.2, 0.25) is 6.41 Å². The molecule has 3 aromatic heterocycles. The van der Waals surface area contributed by atoms with Gasteiger partial charge in [0.05, 0.1) is 11.9 Å². The third-order valence-electron chi connectivity index (χ3n) is 8.70. The number of benzene rings is 1. The quantitative estimate of drug-likeness (QED) is 0.300. The highest BCUT2D eigenvalue weighted by Gasteiger charge is 2.35. The molecule has 1 amide bonds. The molecule has 4 aromatic rings. The predicted octanol–water partition coefficient (Wildman–Crippen LogP) is 4.60. The van der Waals surface area contributed by atoms with Crippen LogP contribution in [0.25, 0.3) is 5.65 Å². The Morgan fingerprint density at radius 1 is 1.12 bits per heavy atom. The standard InChI is InChI=1S/C19H22N4.C14H19N3O3/c1-14-11-17(12-23-18(14)20-15(2)21-23)22-10-9-19(3,13-22)16-7-5-4-6-8-16;1-16(7-5-11-6-8-17(9-11)10-18)13-4-2-3-12(15-13)14(19)20/h4-8,11-12H,9-10,13H2,1-3H3;2-4,10-11H,5-9H2,1H3,(H,19,20)/t19-;/m0./s1. The second kappa shape index (κ2) is 12.8. The van der Waals surface area contributed by atoms with E-state index in [0.29, 0.717) is 11.7 Å². The fraction of sp³-hybridized carbons (Fsp3) is 0.424. The van der Waals surface area contributed by atoms with Crippen molar-refractivity contribution in [2.24, 2.45) is 5.92 Å². The Bertz CT molecular complexity index is 1570. The molecule has 0 radical (unpaired) electrons. The number of aromatic carboxylic acids is 1. The third-order valence-corrected chi connectivity index (χ3v) is 8.70. The van der Waals surface area contributed by atoms with Crippen LogP contribution in [0.1, 0.15) is 53.6 Å². The molecule has 0 spiro atoms. The maximum Gasteiger partial charge on any atom is 0.354 e. The van der Waals surface area contributed by atoms with Crippen LogP contribution >= 0.6 is 0 Å². The van der Waals surface area contributed by atoms with E-state index in [2.05, 4.69) is 76.4 Å². The van der Waals surface area contributed by atoms with Crippen molar-refractivity contribution in [1.82, 2.24) is 24.5 Å². The molecule has 2 aliphatic heterocycles. The van der Waals surface area contributed by atoms with Crippen LogP contribution in [-0.2, 0) is 10.2 Å². The number of aryl methyl sites for hydroxylation is 2. The van der Waals surface area contributed by atoms with Crippen molar-refractivity contribution >= 4 is 29.5 Å². The van der Waals surface area contributed by atoms with E-state index in [9.17, 15) is 9.59 Å². The molecule has 10 nitrogen and oxygen atoms in total. The molecule has 2 fully saturated rings. The first-order valence-corrected chi connectivity index (χ1v) is 14.9. The lowest BCUT2D eigenvalue weighted by Crippen LogP contribution is -2.28. The molecule has 0 bridgehead atoms. The average Bonchev–Trinajstić information content (AvgIpc) is 3.75. The summed E-state index contributed by atoms with van der Waals surface area (Å²) in [5, 5.41) is 13.4. The molecule has 1 aromatic carbocycles. The largest absolute Gasteiger partial charge is 0.477 e. The molecule has 5 heterocycles. The van der Waals surface area contributed by atoms with E-state index >= 15 is 0 Å². The lowest BCUT2D eigenvalue weighted by Gasteiger charge is -2.26. The van der Waals surface area contributed by atoms with Gasteiger partial charge in [0.1, 0.15) is 11.6 Å². The van der Waals surface area contributed by atoms with Gasteiger partial charge in [0, 0.05) is 45.2 Å². The Kier molecular flexibility index (Phi) is 8.94. The van der Waals surface area contributed by atoms with Gasteiger partial charge in [-0.2, -0.15) is 5.10 Å². The zero-order valence-electron chi connectivity index (χ0n) is 25.5. The third kappa shape index (κ3) is 6.96. The number of carboxylic acids is 1. The second-order valence-corrected chi connectivity index (χ2v) is 12.1. The van der Waals surface area contributed by atoms with Crippen LogP contribution in [0, 0.1) is 19.8 Å². The first kappa shape index (κ1) is 30.0. The van der Waals surface area contributed by atoms with Gasteiger partial charge in [0.15, 0.2) is 11.3 Å². The van der Waals surface area contributed by atoms with Crippen molar-refractivity contribution in [2.45, 2.75) is 45.4 Å². The number of fused-ring (bicyclic) bond motifs is 1. The Labute approximate surface area is 253 Å². The van der Waals surface area contributed by atoms with Gasteiger partial charge in [-0.05, 0) is 68.4 Å². The van der Waals surface area contributed by atoms with Crippen LogP contribution in [0.4, 0.5) is 11.5 Å². The number of hydrogen-bond acceptors (Lipinski definition) is 7. The Morgan fingerprint density at radius 2 is 1.91 bits per heavy atom. The van der Waals surface area contributed by atoms with Crippen molar-refractivity contribution in [3.8, 4) is 0 Å². The number of pyridine rings is 2. The van der Waals surface area contributed by atoms with E-state index in [1.54, 1.807) is 17.0 Å². The average molecular weight is 584 g/mol. The maximum absolute atomic E-state index is 10.9. The number of carboxylic acid groups (broad SMARTS) is 1. The zero-order chi connectivity index (χ0) is 30.6. The minimum atomic E-state index is -1.02. The smallest absolute Gasteiger partial charge is 0.354 e. The van der Waals surface area contributed by atoms with Crippen molar-refractivity contribution in [3.05, 3.63) is 83.4 Å². The number of nitrogens with zero attached hydrogens (tertiary/aromatic N) is 7. The van der Waals surface area contributed by atoms with E-state index in [1.165, 1.54) is 29.3 Å². The van der Waals surface area contributed by atoms with Gasteiger partial charge in [0.25, 0.3) is 0 Å². The summed E-state index contributed by atoms with van der Waals surface area (Å²) in [4.78, 5) is 36.4. The SMILES string of the molecule is CN(CCC1CCN(C=O)C1)c1cccc(C(=O)O)n1.Cc1nc2c(C)cc(N3CC[C@](C)(c4ccccc4)C3)cn2n1. The van der Waals surface area contributed by atoms with E-state index < -0.39 is 5.97 Å². The minimum absolute atomic E-state index is 0.0577. The first-order chi connectivity index (χ1) is 20.6. The predicted molar refractivity (Wildman–Crippen MR) is 168 cm³/mol. The Balaban J connectivity index is 0.000000173. The first-order valence-electron chi connectivity index (χ1n) is 14.9. The number of anilines is 2. The number of carbonyl (C=O) groups is 2. The van der Waals surface area contributed by atoms with Gasteiger partial charge in [-0.25, -0.2) is 19.3 Å². The summed E-state index contributed by atoms with van der Waals surface area (Å²) in [6, 6.07) is 18.1. The summed E-state index contributed by atoms with van der Waals surface area (Å²) in [6.07, 6.45) is 6.19. The molecular formula is C33H41N7O3. The van der Waals surface area contributed by atoms with Crippen molar-refractivity contribution in [3.63, 3.8) is 0 Å². The fourth-order valence-corrected chi connectivity index (χ4v) is 6.11. The molecular weight excluding hydrogens is 542 g/mol. The van der Waals surface area contributed by atoms with Gasteiger partial charge in [-0.1, -0.05) is 43.3 Å². The minimum Gasteiger partial charge on any atom is -0.477 e. The highest BCUT2D eigenvalue weighted by molar-refractivity contribution is 5.85. The molecule has 6 rings (SSSR count). The number of likely N-dealkylation sites (tertiary alicyclic amines) is 1. The summed E-state index contributed by atoms with van der Waals surface area (Å²) in [5.41, 5.74) is 5.06. The van der Waals surface area contributed by atoms with Crippen LogP contribution in [0.5, 0.6) is 0 Å². The van der Waals surface area contributed by atoms with Crippen LogP contribution < -0.4 is 9.80 Å². The van der Waals surface area contributed by atoms with Crippen LogP contribution in [0.3, 0.4) is 0 Å². The summed E-state index contributed by atoms with van der Waals surface area (Å²) < 4.78 is 1.91. The lowest BCUT2D eigenvalue weighted by molar-refractivity contribution is -0.117. The topological polar surface area (TPSA) is 107 Å². The summed E-state index contributed by atoms with van der Waals surface area (Å²) in [6.45, 7) is 11.0. The molecule has 1 unspecified atom stereocenters.